The Balaban J connectivity index is 0.819. The van der Waals surface area contributed by atoms with Crippen LogP contribution in [0.5, 0.6) is 0 Å². The molecule has 0 bridgehead atoms. The first-order chi connectivity index (χ1) is 35.8. The van der Waals surface area contributed by atoms with Crippen molar-refractivity contribution >= 4 is 69.3 Å². The van der Waals surface area contributed by atoms with Crippen molar-refractivity contribution in [2.45, 2.75) is 37.9 Å². The van der Waals surface area contributed by atoms with Crippen LogP contribution in [0.3, 0.4) is 0 Å². The summed E-state index contributed by atoms with van der Waals surface area (Å²) in [6.45, 7) is 5.69. The lowest BCUT2D eigenvalue weighted by molar-refractivity contribution is -0.123. The summed E-state index contributed by atoms with van der Waals surface area (Å²) in [5.41, 5.74) is 8.13. The van der Waals surface area contributed by atoms with Crippen LogP contribution >= 0.6 is 12.2 Å². The molecule has 3 amide bonds. The van der Waals surface area contributed by atoms with E-state index in [9.17, 15) is 14.4 Å². The van der Waals surface area contributed by atoms with E-state index < -0.39 is 0 Å². The number of aryl methyl sites for hydroxylation is 1. The number of carbonyl (C=O) groups excluding carboxylic acids is 3. The minimum Gasteiger partial charge on any atom is -0.393 e. The summed E-state index contributed by atoms with van der Waals surface area (Å²) in [5.74, 6) is 1.94. The summed E-state index contributed by atoms with van der Waals surface area (Å²) in [6.07, 6.45) is 9.47. The molecule has 382 valence electrons. The Labute approximate surface area is 431 Å². The molecule has 5 aromatic rings. The minimum absolute atomic E-state index is 0.135. The van der Waals surface area contributed by atoms with Crippen molar-refractivity contribution in [3.63, 3.8) is 0 Å². The number of hydrogen-bond acceptors (Lipinski definition) is 15. The number of aliphatic imine (C=N–C) groups is 1. The maximum absolute atomic E-state index is 13.0. The molecule has 7 rings (SSSR count). The van der Waals surface area contributed by atoms with Crippen LogP contribution in [0, 0.1) is 12.3 Å². The Morgan fingerprint density at radius 1 is 0.781 bits per heavy atom. The van der Waals surface area contributed by atoms with Gasteiger partial charge < -0.3 is 44.5 Å². The maximum atomic E-state index is 13.0. The number of fused-ring (bicyclic) bond motifs is 6. The van der Waals surface area contributed by atoms with Gasteiger partial charge in [0.2, 0.25) is 17.7 Å². The molecule has 0 fully saturated rings. The molecule has 2 atom stereocenters. The lowest BCUT2D eigenvalue weighted by Gasteiger charge is -2.35. The van der Waals surface area contributed by atoms with Crippen LogP contribution in [0.2, 0.25) is 0 Å². The second kappa shape index (κ2) is 28.7. The van der Waals surface area contributed by atoms with Gasteiger partial charge in [-0.05, 0) is 59.7 Å². The molecule has 0 radical (unpaired) electrons. The molecule has 0 aliphatic carbocycles. The number of amides is 3. The van der Waals surface area contributed by atoms with Gasteiger partial charge in [0.15, 0.2) is 0 Å². The number of ether oxygens (including phenoxy) is 3. The van der Waals surface area contributed by atoms with Gasteiger partial charge in [0.25, 0.3) is 0 Å². The second-order valence-corrected chi connectivity index (χ2v) is 17.4. The first-order valence-corrected chi connectivity index (χ1v) is 24.9. The van der Waals surface area contributed by atoms with Gasteiger partial charge in [-0.15, -0.1) is 6.42 Å². The zero-order valence-corrected chi connectivity index (χ0v) is 42.0. The number of aromatic nitrogens is 1. The van der Waals surface area contributed by atoms with E-state index >= 15 is 0 Å². The average molecular weight is 1010 g/mol. The van der Waals surface area contributed by atoms with Gasteiger partial charge in [0.05, 0.1) is 62.2 Å². The summed E-state index contributed by atoms with van der Waals surface area (Å²) < 4.78 is 18.9. The number of terminal acetylenes is 1. The van der Waals surface area contributed by atoms with Crippen LogP contribution < -0.4 is 25.9 Å². The molecular formula is C54H63N11O7S. The first-order valence-electron chi connectivity index (χ1n) is 24.5. The molecule has 18 nitrogen and oxygen atoms in total. The quantitative estimate of drug-likeness (QED) is 0.0157. The van der Waals surface area contributed by atoms with Crippen molar-refractivity contribution < 1.29 is 33.4 Å². The zero-order chi connectivity index (χ0) is 51.0. The highest BCUT2D eigenvalue weighted by molar-refractivity contribution is 7.78. The van der Waals surface area contributed by atoms with Crippen molar-refractivity contribution in [3.8, 4) is 12.3 Å². The predicted octanol–water partition coefficient (Wildman–Crippen LogP) is 6.46. The van der Waals surface area contributed by atoms with E-state index in [1.54, 1.807) is 6.21 Å². The first kappa shape index (κ1) is 53.5. The summed E-state index contributed by atoms with van der Waals surface area (Å²) >= 11 is 4.79. The molecule has 73 heavy (non-hydrogen) atoms. The largest absolute Gasteiger partial charge is 0.393 e. The predicted molar refractivity (Wildman–Crippen MR) is 285 cm³/mol. The number of carbonyl (C=O) groups is 3. The van der Waals surface area contributed by atoms with Crippen molar-refractivity contribution in [2.75, 3.05) is 102 Å². The molecule has 0 saturated carbocycles. The van der Waals surface area contributed by atoms with Gasteiger partial charge in [0.1, 0.15) is 25.3 Å². The lowest BCUT2D eigenvalue weighted by atomic mass is 9.87. The van der Waals surface area contributed by atoms with Crippen LogP contribution in [-0.4, -0.2) is 131 Å². The van der Waals surface area contributed by atoms with Crippen molar-refractivity contribution in [1.82, 2.24) is 25.4 Å². The third-order valence-corrected chi connectivity index (χ3v) is 12.4. The maximum Gasteiger partial charge on any atom is 0.222 e. The Hall–Kier alpha value is -7.30. The van der Waals surface area contributed by atoms with Crippen molar-refractivity contribution in [3.05, 3.63) is 126 Å². The number of para-hydroxylation sites is 2. The smallest absolute Gasteiger partial charge is 0.222 e. The average Bonchev–Trinajstić information content (AvgIpc) is 3.98. The van der Waals surface area contributed by atoms with Gasteiger partial charge in [-0.1, -0.05) is 77.0 Å². The molecule has 3 N–H and O–H groups in total. The number of hydrogen-bond donors (Lipinski definition) is 3. The molecular weight excluding hydrogens is 947 g/mol. The molecule has 19 heteroatoms. The van der Waals surface area contributed by atoms with Gasteiger partial charge in [0, 0.05) is 106 Å². The van der Waals surface area contributed by atoms with Crippen LogP contribution in [0.1, 0.15) is 53.6 Å². The standard InChI is InChI=1S/C54H63N11O7S/c1-3-30-69-31-20-50(66)55-23-26-63(28-25-57-52(68)22-33-71-35-36-72-59-37-42-38-62(2)48-14-8-6-11-45(42)48)27-24-56-51(67)21-32-70-34-29-64-39-41-10-4-5-12-46(41)54-53(47-13-7-9-15-49(47)64)60-61-65(54)44-18-16-43(17-19-44)58-40-73/h1,4-19,37-38,53-54H,20-36,39H2,2H3,(H,55,66)(H,56,67)(H,57,68)/b59-37+. The van der Waals surface area contributed by atoms with Crippen molar-refractivity contribution in [1.29, 1.82) is 0 Å². The Morgan fingerprint density at radius 3 is 2.11 bits per heavy atom. The van der Waals surface area contributed by atoms with E-state index in [-0.39, 0.29) is 88.7 Å². The van der Waals surface area contributed by atoms with E-state index in [1.165, 1.54) is 0 Å². The third-order valence-electron chi connectivity index (χ3n) is 12.3. The fourth-order valence-electron chi connectivity index (χ4n) is 8.71. The van der Waals surface area contributed by atoms with E-state index in [0.717, 1.165) is 50.2 Å². The normalized spacial score (nSPS) is 14.7. The highest BCUT2D eigenvalue weighted by atomic mass is 32.1. The Kier molecular flexibility index (Phi) is 21.0. The monoisotopic (exact) mass is 1010 g/mol. The summed E-state index contributed by atoms with van der Waals surface area (Å²) in [4.78, 5) is 51.8. The van der Waals surface area contributed by atoms with Gasteiger partial charge in [-0.25, -0.2) is 5.01 Å². The molecule has 1 aromatic heterocycles. The van der Waals surface area contributed by atoms with Crippen LogP contribution in [-0.2, 0) is 47.0 Å². The highest BCUT2D eigenvalue weighted by Gasteiger charge is 2.40. The molecule has 0 spiro atoms. The van der Waals surface area contributed by atoms with Crippen LogP contribution in [0.4, 0.5) is 17.1 Å². The number of thiocarbonyl (C=S) groups is 1. The third kappa shape index (κ3) is 15.8. The second-order valence-electron chi connectivity index (χ2n) is 17.2. The molecule has 2 aliphatic rings. The summed E-state index contributed by atoms with van der Waals surface area (Å²) in [7, 11) is 1.99. The lowest BCUT2D eigenvalue weighted by Crippen LogP contribution is -2.43. The Morgan fingerprint density at radius 2 is 1.41 bits per heavy atom. The summed E-state index contributed by atoms with van der Waals surface area (Å²) in [5, 5.41) is 28.0. The van der Waals surface area contributed by atoms with Crippen LogP contribution in [0.25, 0.3) is 10.9 Å². The number of isothiocyanates is 1. The van der Waals surface area contributed by atoms with Gasteiger partial charge in [-0.2, -0.15) is 10.1 Å². The fraction of sp³-hybridized carbons (Fsp3) is 0.389. The number of nitrogens with zero attached hydrogens (tertiary/aromatic N) is 8. The van der Waals surface area contributed by atoms with Crippen molar-refractivity contribution in [2.24, 2.45) is 27.5 Å². The number of nitrogens with one attached hydrogen (secondary N) is 3. The van der Waals surface area contributed by atoms with Crippen LogP contribution in [0.15, 0.2) is 124 Å². The molecule has 2 aliphatic heterocycles. The van der Waals surface area contributed by atoms with E-state index in [0.29, 0.717) is 59.0 Å². The number of rotatable bonds is 29. The fourth-order valence-corrected chi connectivity index (χ4v) is 8.82. The SMILES string of the molecule is C#CCOCCC(=O)NCCN(CCNC(=O)CCOCCO/N=C/c1cn(C)c2ccccc12)CCNC(=O)CCOCCN1Cc2ccccc2C2C(N=NN2c2ccc(N=C=S)cc2)c2ccccc21. The molecule has 0 saturated heterocycles. The molecule has 3 heterocycles. The van der Waals surface area contributed by atoms with E-state index in [1.807, 2.05) is 83.5 Å². The van der Waals surface area contributed by atoms with E-state index in [2.05, 4.69) is 83.4 Å². The molecule has 4 aromatic carbocycles. The summed E-state index contributed by atoms with van der Waals surface area (Å²) in [6, 6.07) is 32.1. The highest BCUT2D eigenvalue weighted by Crippen LogP contribution is 2.49. The van der Waals surface area contributed by atoms with Gasteiger partial charge in [-0.3, -0.25) is 19.3 Å². The number of oxime groups is 1. The van der Waals surface area contributed by atoms with Gasteiger partial charge >= 0.3 is 0 Å². The van der Waals surface area contributed by atoms with E-state index in [4.69, 9.17) is 48.0 Å². The number of anilines is 2. The number of benzene rings is 4. The topological polar surface area (TPSA) is 188 Å². The molecule has 2 unspecified atom stereocenters. The Bertz CT molecular complexity index is 2750. The zero-order valence-electron chi connectivity index (χ0n) is 41.2. The minimum atomic E-state index is -0.252.